The summed E-state index contributed by atoms with van der Waals surface area (Å²) in [5, 5.41) is 10.8. The van der Waals surface area contributed by atoms with Crippen molar-refractivity contribution in [2.45, 2.75) is 19.1 Å². The fourth-order valence-corrected chi connectivity index (χ4v) is 2.18. The zero-order chi connectivity index (χ0) is 15.2. The normalized spacial score (nSPS) is 12.6. The molecule has 5 heteroatoms. The van der Waals surface area contributed by atoms with Crippen molar-refractivity contribution in [1.29, 1.82) is 0 Å². The maximum atomic E-state index is 12.8. The van der Waals surface area contributed by atoms with Gasteiger partial charge in [-0.25, -0.2) is 4.39 Å². The van der Waals surface area contributed by atoms with Gasteiger partial charge in [0.1, 0.15) is 5.82 Å². The number of rotatable bonds is 6. The Morgan fingerprint density at radius 2 is 1.95 bits per heavy atom. The first-order valence-electron chi connectivity index (χ1n) is 6.77. The molecule has 0 radical (unpaired) electrons. The summed E-state index contributed by atoms with van der Waals surface area (Å²) in [6.45, 7) is 1.49. The molecule has 1 N–H and O–H groups in total. The molecule has 0 saturated heterocycles. The Labute approximate surface area is 129 Å². The Morgan fingerprint density at radius 1 is 1.24 bits per heavy atom. The van der Waals surface area contributed by atoms with Crippen LogP contribution in [0.2, 0.25) is 5.02 Å². The zero-order valence-corrected chi connectivity index (χ0v) is 12.6. The lowest BCUT2D eigenvalue weighted by molar-refractivity contribution is 0.143. The van der Waals surface area contributed by atoms with Gasteiger partial charge in [-0.3, -0.25) is 4.98 Å². The molecule has 0 spiro atoms. The van der Waals surface area contributed by atoms with Crippen LogP contribution in [-0.4, -0.2) is 28.6 Å². The first-order chi connectivity index (χ1) is 10.0. The molecule has 112 valence electrons. The van der Waals surface area contributed by atoms with Crippen LogP contribution >= 0.6 is 11.6 Å². The monoisotopic (exact) mass is 308 g/mol. The summed E-state index contributed by atoms with van der Waals surface area (Å²) in [5.74, 6) is -0.397. The van der Waals surface area contributed by atoms with Crippen molar-refractivity contribution in [2.24, 2.45) is 0 Å². The Bertz CT molecular complexity index is 559. The second-order valence-corrected chi connectivity index (χ2v) is 5.51. The van der Waals surface area contributed by atoms with Crippen LogP contribution in [0.1, 0.15) is 23.8 Å². The van der Waals surface area contributed by atoms with Gasteiger partial charge in [0.15, 0.2) is 0 Å². The van der Waals surface area contributed by atoms with Crippen molar-refractivity contribution in [2.75, 3.05) is 13.6 Å². The minimum absolute atomic E-state index is 0.397. The summed E-state index contributed by atoms with van der Waals surface area (Å²) in [5.41, 5.74) is 1.66. The smallest absolute Gasteiger partial charge is 0.141 e. The highest BCUT2D eigenvalue weighted by atomic mass is 35.5. The number of aliphatic hydroxyl groups is 1. The third kappa shape index (κ3) is 5.08. The molecular weight excluding hydrogens is 291 g/mol. The fraction of sp³-hybridized carbons (Fsp3) is 0.312. The third-order valence-electron chi connectivity index (χ3n) is 3.24. The Kier molecular flexibility index (Phi) is 5.67. The molecule has 2 aromatic rings. The van der Waals surface area contributed by atoms with Gasteiger partial charge < -0.3 is 10.0 Å². The van der Waals surface area contributed by atoms with Crippen LogP contribution in [-0.2, 0) is 6.54 Å². The Hall–Kier alpha value is -1.49. The second-order valence-electron chi connectivity index (χ2n) is 5.07. The van der Waals surface area contributed by atoms with Crippen LogP contribution in [0.25, 0.3) is 0 Å². The molecular formula is C16H18ClFN2O. The Balaban J connectivity index is 1.81. The van der Waals surface area contributed by atoms with Gasteiger partial charge in [0.25, 0.3) is 0 Å². The van der Waals surface area contributed by atoms with Crippen LogP contribution in [0.3, 0.4) is 0 Å². The lowest BCUT2D eigenvalue weighted by Gasteiger charge is -2.18. The zero-order valence-electron chi connectivity index (χ0n) is 11.8. The van der Waals surface area contributed by atoms with Crippen molar-refractivity contribution >= 4 is 11.6 Å². The molecule has 0 aliphatic rings. The van der Waals surface area contributed by atoms with E-state index in [1.54, 1.807) is 0 Å². The van der Waals surface area contributed by atoms with Gasteiger partial charge in [-0.15, -0.1) is 0 Å². The Morgan fingerprint density at radius 3 is 2.57 bits per heavy atom. The van der Waals surface area contributed by atoms with E-state index in [1.807, 2.05) is 31.3 Å². The molecule has 0 saturated carbocycles. The maximum absolute atomic E-state index is 12.8. The molecule has 0 bridgehead atoms. The molecule has 0 aliphatic heterocycles. The number of nitrogens with zero attached hydrogens (tertiary/aromatic N) is 2. The summed E-state index contributed by atoms with van der Waals surface area (Å²) in [4.78, 5) is 6.00. The molecule has 21 heavy (non-hydrogen) atoms. The molecule has 1 aromatic carbocycles. The largest absolute Gasteiger partial charge is 0.387 e. The summed E-state index contributed by atoms with van der Waals surface area (Å²) < 4.78 is 12.8. The van der Waals surface area contributed by atoms with Crippen LogP contribution in [0.4, 0.5) is 4.39 Å². The molecule has 1 aromatic heterocycles. The molecule has 0 aliphatic carbocycles. The molecule has 1 unspecified atom stereocenters. The van der Waals surface area contributed by atoms with Crippen molar-refractivity contribution in [3.05, 3.63) is 64.7 Å². The number of aromatic nitrogens is 1. The molecule has 1 heterocycles. The van der Waals surface area contributed by atoms with Crippen LogP contribution < -0.4 is 0 Å². The number of benzene rings is 1. The first kappa shape index (κ1) is 15.9. The molecule has 0 fully saturated rings. The van der Waals surface area contributed by atoms with E-state index >= 15 is 0 Å². The topological polar surface area (TPSA) is 36.4 Å². The van der Waals surface area contributed by atoms with Gasteiger partial charge in [-0.05, 0) is 43.3 Å². The number of halogens is 2. The predicted molar refractivity (Wildman–Crippen MR) is 81.6 cm³/mol. The number of hydrogen-bond donors (Lipinski definition) is 1. The predicted octanol–water partition coefficient (Wildman–Crippen LogP) is 3.43. The van der Waals surface area contributed by atoms with Gasteiger partial charge in [0.2, 0.25) is 0 Å². The molecule has 0 amide bonds. The standard InChI is InChI=1S/C16H18ClFN2O/c1-20(11-12-2-4-13(17)5-3-12)9-8-16(21)15-7-6-14(18)10-19-15/h2-7,10,16,21H,8-9,11H2,1H3. The van der Waals surface area contributed by atoms with E-state index in [2.05, 4.69) is 9.88 Å². The average Bonchev–Trinajstić information content (AvgIpc) is 2.48. The summed E-state index contributed by atoms with van der Waals surface area (Å²) in [7, 11) is 1.99. The SMILES string of the molecule is CN(CCC(O)c1ccc(F)cn1)Cc1ccc(Cl)cc1. The maximum Gasteiger partial charge on any atom is 0.141 e. The summed E-state index contributed by atoms with van der Waals surface area (Å²) in [6, 6.07) is 10.5. The highest BCUT2D eigenvalue weighted by Crippen LogP contribution is 2.16. The fourth-order valence-electron chi connectivity index (χ4n) is 2.06. The van der Waals surface area contributed by atoms with Crippen molar-refractivity contribution in [3.63, 3.8) is 0 Å². The van der Waals surface area contributed by atoms with Crippen molar-refractivity contribution in [1.82, 2.24) is 9.88 Å². The molecule has 2 rings (SSSR count). The minimum Gasteiger partial charge on any atom is -0.387 e. The van der Waals surface area contributed by atoms with Crippen LogP contribution in [0, 0.1) is 5.82 Å². The van der Waals surface area contributed by atoms with Crippen molar-refractivity contribution in [3.8, 4) is 0 Å². The van der Waals surface area contributed by atoms with Gasteiger partial charge in [-0.1, -0.05) is 23.7 Å². The van der Waals surface area contributed by atoms with Crippen LogP contribution in [0.5, 0.6) is 0 Å². The summed E-state index contributed by atoms with van der Waals surface area (Å²) in [6.07, 6.45) is 0.983. The van der Waals surface area contributed by atoms with E-state index in [1.165, 1.54) is 12.1 Å². The van der Waals surface area contributed by atoms with Crippen molar-refractivity contribution < 1.29 is 9.50 Å². The quantitative estimate of drug-likeness (QED) is 0.888. The molecule has 3 nitrogen and oxygen atoms in total. The number of aliphatic hydroxyl groups excluding tert-OH is 1. The average molecular weight is 309 g/mol. The number of pyridine rings is 1. The van der Waals surface area contributed by atoms with E-state index in [4.69, 9.17) is 11.6 Å². The van der Waals surface area contributed by atoms with Gasteiger partial charge in [-0.2, -0.15) is 0 Å². The summed E-state index contributed by atoms with van der Waals surface area (Å²) >= 11 is 5.85. The lowest BCUT2D eigenvalue weighted by Crippen LogP contribution is -2.21. The minimum atomic E-state index is -0.682. The van der Waals surface area contributed by atoms with E-state index in [9.17, 15) is 9.50 Å². The highest BCUT2D eigenvalue weighted by Gasteiger charge is 2.10. The first-order valence-corrected chi connectivity index (χ1v) is 7.15. The number of hydrogen-bond acceptors (Lipinski definition) is 3. The van der Waals surface area contributed by atoms with Crippen LogP contribution in [0.15, 0.2) is 42.6 Å². The van der Waals surface area contributed by atoms with E-state index in [0.717, 1.165) is 23.3 Å². The van der Waals surface area contributed by atoms with Gasteiger partial charge >= 0.3 is 0 Å². The van der Waals surface area contributed by atoms with E-state index < -0.39 is 11.9 Å². The van der Waals surface area contributed by atoms with E-state index in [-0.39, 0.29) is 0 Å². The lowest BCUT2D eigenvalue weighted by atomic mass is 10.1. The van der Waals surface area contributed by atoms with Gasteiger partial charge in [0.05, 0.1) is 18.0 Å². The van der Waals surface area contributed by atoms with E-state index in [0.29, 0.717) is 18.7 Å². The third-order valence-corrected chi connectivity index (χ3v) is 3.49. The second kappa shape index (κ2) is 7.50. The van der Waals surface area contributed by atoms with Gasteiger partial charge in [0, 0.05) is 18.1 Å². The molecule has 1 atom stereocenters. The highest BCUT2D eigenvalue weighted by molar-refractivity contribution is 6.30.